The maximum Gasteiger partial charge on any atom is 0.220 e. The summed E-state index contributed by atoms with van der Waals surface area (Å²) >= 11 is 0. The Hall–Kier alpha value is -2.41. The number of pyridine rings is 1. The van der Waals surface area contributed by atoms with Crippen molar-refractivity contribution >= 4 is 5.91 Å². The van der Waals surface area contributed by atoms with Gasteiger partial charge in [0.15, 0.2) is 0 Å². The van der Waals surface area contributed by atoms with Gasteiger partial charge in [0.05, 0.1) is 24.9 Å². The molecule has 146 valence electrons. The highest BCUT2D eigenvalue weighted by atomic mass is 16.5. The molecule has 1 aliphatic rings. The fourth-order valence-corrected chi connectivity index (χ4v) is 3.74. The van der Waals surface area contributed by atoms with E-state index in [9.17, 15) is 9.90 Å². The number of nitrogens with one attached hydrogen (secondary N) is 1. The predicted octanol–water partition coefficient (Wildman–Crippen LogP) is 2.00. The number of aryl methyl sites for hydroxylation is 2. The molecule has 1 fully saturated rings. The third-order valence-corrected chi connectivity index (χ3v) is 5.53. The summed E-state index contributed by atoms with van der Waals surface area (Å²) in [5.74, 6) is 0.765. The largest absolute Gasteiger partial charge is 0.481 e. The van der Waals surface area contributed by atoms with Crippen LogP contribution in [0.25, 0.3) is 0 Å². The van der Waals surface area contributed by atoms with Crippen LogP contribution >= 0.6 is 0 Å². The van der Waals surface area contributed by atoms with Gasteiger partial charge >= 0.3 is 0 Å². The maximum atomic E-state index is 12.6. The first-order valence-corrected chi connectivity index (χ1v) is 9.35. The number of carbonyl (C=O) groups excluding carboxylic acids is 1. The van der Waals surface area contributed by atoms with Gasteiger partial charge in [-0.25, -0.2) is 4.98 Å². The van der Waals surface area contributed by atoms with Crippen molar-refractivity contribution in [3.05, 3.63) is 40.8 Å². The molecule has 1 unspecified atom stereocenters. The second-order valence-electron chi connectivity index (χ2n) is 7.34. The van der Waals surface area contributed by atoms with Gasteiger partial charge in [-0.15, -0.1) is 0 Å². The zero-order valence-corrected chi connectivity index (χ0v) is 16.4. The van der Waals surface area contributed by atoms with E-state index in [-0.39, 0.29) is 24.0 Å². The van der Waals surface area contributed by atoms with Crippen LogP contribution in [0, 0.1) is 19.8 Å². The first-order valence-electron chi connectivity index (χ1n) is 9.35. The van der Waals surface area contributed by atoms with E-state index in [1.807, 2.05) is 31.6 Å². The van der Waals surface area contributed by atoms with Crippen LogP contribution in [-0.2, 0) is 18.3 Å². The van der Waals surface area contributed by atoms with Crippen LogP contribution in [0.15, 0.2) is 18.3 Å². The molecule has 2 N–H and O–H groups in total. The van der Waals surface area contributed by atoms with Gasteiger partial charge in [-0.1, -0.05) is 6.07 Å². The van der Waals surface area contributed by atoms with E-state index in [4.69, 9.17) is 4.74 Å². The minimum absolute atomic E-state index is 0.000129. The van der Waals surface area contributed by atoms with Gasteiger partial charge in [0, 0.05) is 31.4 Å². The van der Waals surface area contributed by atoms with Crippen LogP contribution < -0.4 is 10.1 Å². The molecule has 0 aromatic carbocycles. The average Bonchev–Trinajstić information content (AvgIpc) is 2.87. The number of amides is 1. The number of hydrogen-bond donors (Lipinski definition) is 2. The Morgan fingerprint density at radius 3 is 2.67 bits per heavy atom. The molecule has 1 atom stereocenters. The molecular weight excluding hydrogens is 344 g/mol. The summed E-state index contributed by atoms with van der Waals surface area (Å²) in [5, 5.41) is 17.2. The number of aliphatic hydroxyl groups is 1. The molecule has 1 saturated carbocycles. The second-order valence-corrected chi connectivity index (χ2v) is 7.34. The van der Waals surface area contributed by atoms with Crippen molar-refractivity contribution in [1.29, 1.82) is 0 Å². The smallest absolute Gasteiger partial charge is 0.220 e. The molecule has 1 aliphatic carbocycles. The Bertz CT molecular complexity index is 794. The van der Waals surface area contributed by atoms with Crippen molar-refractivity contribution in [3.8, 4) is 5.88 Å². The summed E-state index contributed by atoms with van der Waals surface area (Å²) in [4.78, 5) is 16.9. The van der Waals surface area contributed by atoms with E-state index in [0.717, 1.165) is 22.5 Å². The SMILES string of the molecule is COc1ccc(C(NC(=O)CCc2c(C)nn(C)c2C)C2CC(O)C2)cn1. The standard InChI is InChI=1S/C20H28N4O3/c1-12-17(13(2)24(3)23-12)6-7-18(26)22-20(15-9-16(25)10-15)14-5-8-19(27-4)21-11-14/h5,8,11,15-16,20,25H,6-7,9-10H2,1-4H3,(H,22,26). The Labute approximate surface area is 159 Å². The molecule has 0 saturated heterocycles. The normalized spacial score (nSPS) is 20.0. The predicted molar refractivity (Wildman–Crippen MR) is 101 cm³/mol. The first kappa shape index (κ1) is 19.4. The second kappa shape index (κ2) is 8.08. The van der Waals surface area contributed by atoms with Gasteiger partial charge in [0.25, 0.3) is 0 Å². The average molecular weight is 372 g/mol. The van der Waals surface area contributed by atoms with E-state index >= 15 is 0 Å². The number of ether oxygens (including phenoxy) is 1. The summed E-state index contributed by atoms with van der Waals surface area (Å²) in [6.07, 6.45) is 3.92. The Morgan fingerprint density at radius 1 is 1.41 bits per heavy atom. The topological polar surface area (TPSA) is 89.3 Å². The number of carbonyl (C=O) groups is 1. The van der Waals surface area contributed by atoms with Crippen molar-refractivity contribution in [3.63, 3.8) is 0 Å². The van der Waals surface area contributed by atoms with E-state index < -0.39 is 0 Å². The number of aliphatic hydroxyl groups excluding tert-OH is 1. The van der Waals surface area contributed by atoms with Crippen molar-refractivity contribution in [2.75, 3.05) is 7.11 Å². The highest BCUT2D eigenvalue weighted by Gasteiger charge is 2.35. The molecule has 2 aromatic rings. The zero-order valence-electron chi connectivity index (χ0n) is 16.4. The van der Waals surface area contributed by atoms with Crippen molar-refractivity contribution in [2.24, 2.45) is 13.0 Å². The first-order chi connectivity index (χ1) is 12.9. The molecule has 3 rings (SSSR count). The molecule has 7 heteroatoms. The number of methoxy groups -OCH3 is 1. The van der Waals surface area contributed by atoms with Crippen molar-refractivity contribution < 1.29 is 14.6 Å². The van der Waals surface area contributed by atoms with Crippen LogP contribution in [0.3, 0.4) is 0 Å². The molecule has 0 bridgehead atoms. The minimum Gasteiger partial charge on any atom is -0.481 e. The van der Waals surface area contributed by atoms with Gasteiger partial charge in [0.1, 0.15) is 0 Å². The van der Waals surface area contributed by atoms with Crippen LogP contribution in [0.4, 0.5) is 0 Å². The van der Waals surface area contributed by atoms with Crippen molar-refractivity contribution in [1.82, 2.24) is 20.1 Å². The fraction of sp³-hybridized carbons (Fsp3) is 0.550. The number of nitrogens with zero attached hydrogens (tertiary/aromatic N) is 3. The number of hydrogen-bond acceptors (Lipinski definition) is 5. The number of rotatable bonds is 7. The molecule has 2 aromatic heterocycles. The summed E-state index contributed by atoms with van der Waals surface area (Å²) in [6.45, 7) is 4.00. The minimum atomic E-state index is -0.277. The van der Waals surface area contributed by atoms with E-state index in [2.05, 4.69) is 15.4 Å². The fourth-order valence-electron chi connectivity index (χ4n) is 3.74. The molecular formula is C20H28N4O3. The van der Waals surface area contributed by atoms with Gasteiger partial charge < -0.3 is 15.2 Å². The molecule has 1 amide bonds. The lowest BCUT2D eigenvalue weighted by Gasteiger charge is -2.38. The molecule has 2 heterocycles. The lowest BCUT2D eigenvalue weighted by atomic mass is 9.75. The third kappa shape index (κ3) is 4.30. The summed E-state index contributed by atoms with van der Waals surface area (Å²) in [6, 6.07) is 3.58. The molecule has 7 nitrogen and oxygen atoms in total. The summed E-state index contributed by atoms with van der Waals surface area (Å²) in [5.41, 5.74) is 4.14. The van der Waals surface area contributed by atoms with Crippen LogP contribution in [0.5, 0.6) is 5.88 Å². The van der Waals surface area contributed by atoms with Gasteiger partial charge in [-0.2, -0.15) is 5.10 Å². The Kier molecular flexibility index (Phi) is 5.79. The molecule has 0 aliphatic heterocycles. The lowest BCUT2D eigenvalue weighted by molar-refractivity contribution is -0.123. The summed E-state index contributed by atoms with van der Waals surface area (Å²) in [7, 11) is 3.49. The van der Waals surface area contributed by atoms with Gasteiger partial charge in [0.2, 0.25) is 11.8 Å². The summed E-state index contributed by atoms with van der Waals surface area (Å²) < 4.78 is 6.96. The molecule has 0 radical (unpaired) electrons. The van der Waals surface area contributed by atoms with Crippen LogP contribution in [-0.4, -0.2) is 39.0 Å². The molecule has 0 spiro atoms. The Balaban J connectivity index is 1.66. The van der Waals surface area contributed by atoms with E-state index in [1.54, 1.807) is 19.4 Å². The molecule has 27 heavy (non-hydrogen) atoms. The lowest BCUT2D eigenvalue weighted by Crippen LogP contribution is -2.41. The zero-order chi connectivity index (χ0) is 19.6. The van der Waals surface area contributed by atoms with E-state index in [0.29, 0.717) is 31.6 Å². The highest BCUT2D eigenvalue weighted by molar-refractivity contribution is 5.76. The highest BCUT2D eigenvalue weighted by Crippen LogP contribution is 2.38. The van der Waals surface area contributed by atoms with Gasteiger partial charge in [-0.3, -0.25) is 9.48 Å². The van der Waals surface area contributed by atoms with E-state index in [1.165, 1.54) is 0 Å². The van der Waals surface area contributed by atoms with Gasteiger partial charge in [-0.05, 0) is 50.2 Å². The van der Waals surface area contributed by atoms with Crippen LogP contribution in [0.1, 0.15) is 47.8 Å². The monoisotopic (exact) mass is 372 g/mol. The van der Waals surface area contributed by atoms with Crippen LogP contribution in [0.2, 0.25) is 0 Å². The maximum absolute atomic E-state index is 12.6. The number of aromatic nitrogens is 3. The Morgan fingerprint density at radius 2 is 2.15 bits per heavy atom. The van der Waals surface area contributed by atoms with Crippen molar-refractivity contribution in [2.45, 2.75) is 51.7 Å². The quantitative estimate of drug-likeness (QED) is 0.776. The third-order valence-electron chi connectivity index (χ3n) is 5.53.